The van der Waals surface area contributed by atoms with Crippen LogP contribution in [0, 0.1) is 0 Å². The molecular weight excluding hydrogens is 524 g/mol. The molecule has 0 saturated carbocycles. The van der Waals surface area contributed by atoms with Crippen molar-refractivity contribution in [1.82, 2.24) is 0 Å². The summed E-state index contributed by atoms with van der Waals surface area (Å²) in [6.45, 7) is 0. The van der Waals surface area contributed by atoms with E-state index >= 15 is 0 Å². The molecule has 0 aromatic heterocycles. The van der Waals surface area contributed by atoms with Gasteiger partial charge in [0.05, 0.1) is 20.3 Å². The molecule has 0 fully saturated rings. The zero-order valence-corrected chi connectivity index (χ0v) is 20.3. The molecule has 0 atom stereocenters. The maximum atomic E-state index is 11.8. The molecule has 4 rings (SSSR count). The third kappa shape index (κ3) is 5.49. The van der Waals surface area contributed by atoms with Gasteiger partial charge < -0.3 is 11.1 Å². The number of benzene rings is 2. The van der Waals surface area contributed by atoms with Crippen molar-refractivity contribution in [3.8, 4) is 0 Å². The van der Waals surface area contributed by atoms with Gasteiger partial charge in [-0.1, -0.05) is 43.8 Å². The fourth-order valence-corrected chi connectivity index (χ4v) is 5.10. The number of rotatable bonds is 4. The highest BCUT2D eigenvalue weighted by Crippen LogP contribution is 2.30. The minimum absolute atomic E-state index is 0. The van der Waals surface area contributed by atoms with Crippen molar-refractivity contribution in [1.29, 1.82) is 0 Å². The average Bonchev–Trinajstić information content (AvgIpc) is 2.89. The number of nitrogens with zero attached hydrogens (tertiary/aromatic N) is 4. The fraction of sp³-hybridized carbons (Fsp3) is 0.130. The maximum absolute atomic E-state index is 11.8. The minimum atomic E-state index is -3.98. The Balaban J connectivity index is 0.000000253. The molecule has 2 aliphatic carbocycles. The fourth-order valence-electron chi connectivity index (χ4n) is 3.35. The summed E-state index contributed by atoms with van der Waals surface area (Å²) < 4.78 is 55.7. The minimum Gasteiger partial charge on any atom is -0.361 e. The Bertz CT molecular complexity index is 1680. The van der Waals surface area contributed by atoms with E-state index in [2.05, 4.69) is 17.9 Å². The summed E-state index contributed by atoms with van der Waals surface area (Å²) in [7, 11) is -5.81. The monoisotopic (exact) mass is 544 g/mol. The Labute approximate surface area is 213 Å². The van der Waals surface area contributed by atoms with Crippen molar-refractivity contribution >= 4 is 54.2 Å². The second-order valence-electron chi connectivity index (χ2n) is 6.98. The van der Waals surface area contributed by atoms with Gasteiger partial charge in [0.15, 0.2) is 0 Å². The molecule has 192 valence electrons. The number of carbonyl (C=O) groups is 2. The van der Waals surface area contributed by atoms with Crippen LogP contribution in [0.5, 0.6) is 0 Å². The van der Waals surface area contributed by atoms with Crippen LogP contribution in [-0.4, -0.2) is 63.6 Å². The lowest BCUT2D eigenvalue weighted by molar-refractivity contribution is -0.00459. The Morgan fingerprint density at radius 1 is 0.703 bits per heavy atom. The van der Waals surface area contributed by atoms with Crippen LogP contribution in [0.15, 0.2) is 59.5 Å². The number of Topliss-reactive ketones (excluding diaryl/α,β-unsaturated/α-hetero) is 2. The lowest BCUT2D eigenvalue weighted by Crippen LogP contribution is -2.22. The lowest BCUT2D eigenvalue weighted by Gasteiger charge is -2.13. The Hall–Kier alpha value is -4.16. The summed E-state index contributed by atoms with van der Waals surface area (Å²) in [6, 6.07) is 10.4. The highest BCUT2D eigenvalue weighted by molar-refractivity contribution is 7.96. The first-order valence-corrected chi connectivity index (χ1v) is 12.6. The van der Waals surface area contributed by atoms with Crippen LogP contribution in [0.3, 0.4) is 0 Å². The first-order valence-electron chi connectivity index (χ1n) is 9.79. The Morgan fingerprint density at radius 2 is 1.24 bits per heavy atom. The molecule has 0 bridgehead atoms. The first-order chi connectivity index (χ1) is 17.0. The molecule has 14 heteroatoms. The molecule has 2 aromatic carbocycles. The van der Waals surface area contributed by atoms with E-state index in [-0.39, 0.29) is 50.9 Å². The SMILES string of the molecule is C.COS(=O)(=O)C1=CC(=[N+]=[N-])C(=O)c2ccccc21.COS(=O)(=O)c1cccc2c1C=CC(=[N+]=[N-])C2=O. The van der Waals surface area contributed by atoms with Gasteiger partial charge in [0.1, 0.15) is 9.80 Å². The van der Waals surface area contributed by atoms with Crippen LogP contribution in [0.2, 0.25) is 0 Å². The van der Waals surface area contributed by atoms with Crippen LogP contribution in [0.4, 0.5) is 0 Å². The number of carbonyl (C=O) groups excluding carboxylic acids is 2. The van der Waals surface area contributed by atoms with Crippen LogP contribution >= 0.6 is 0 Å². The van der Waals surface area contributed by atoms with Crippen molar-refractivity contribution < 1.29 is 44.4 Å². The summed E-state index contributed by atoms with van der Waals surface area (Å²) in [5, 5.41) is 0. The van der Waals surface area contributed by atoms with Gasteiger partial charge in [-0.25, -0.2) is 0 Å². The van der Waals surface area contributed by atoms with Crippen molar-refractivity contribution in [3.63, 3.8) is 0 Å². The molecule has 0 amide bonds. The van der Waals surface area contributed by atoms with Crippen LogP contribution in [0.1, 0.15) is 39.3 Å². The van der Waals surface area contributed by atoms with Gasteiger partial charge in [0, 0.05) is 28.3 Å². The molecule has 0 spiro atoms. The van der Waals surface area contributed by atoms with E-state index < -0.39 is 31.8 Å². The second kappa shape index (κ2) is 11.3. The van der Waals surface area contributed by atoms with Gasteiger partial charge in [0.25, 0.3) is 31.8 Å². The second-order valence-corrected chi connectivity index (χ2v) is 10.3. The van der Waals surface area contributed by atoms with Gasteiger partial charge in [-0.3, -0.25) is 18.0 Å². The summed E-state index contributed by atoms with van der Waals surface area (Å²) in [5.41, 5.74) is 17.7. The van der Waals surface area contributed by atoms with Crippen molar-refractivity contribution in [2.24, 2.45) is 0 Å². The zero-order chi connectivity index (χ0) is 26.7. The number of hydrogen-bond acceptors (Lipinski definition) is 8. The molecule has 2 aromatic rings. The first kappa shape index (κ1) is 29.1. The molecule has 0 saturated heterocycles. The molecule has 12 nitrogen and oxygen atoms in total. The molecule has 37 heavy (non-hydrogen) atoms. The highest BCUT2D eigenvalue weighted by Gasteiger charge is 2.35. The highest BCUT2D eigenvalue weighted by atomic mass is 32.2. The topological polar surface area (TPSA) is 194 Å². The van der Waals surface area contributed by atoms with E-state index in [1.165, 1.54) is 42.5 Å². The van der Waals surface area contributed by atoms with E-state index in [9.17, 15) is 26.4 Å². The zero-order valence-electron chi connectivity index (χ0n) is 18.6. The summed E-state index contributed by atoms with van der Waals surface area (Å²) >= 11 is 0. The van der Waals surface area contributed by atoms with Gasteiger partial charge in [-0.2, -0.15) is 26.4 Å². The van der Waals surface area contributed by atoms with E-state index in [0.29, 0.717) is 0 Å². The summed E-state index contributed by atoms with van der Waals surface area (Å²) in [6.07, 6.45) is 3.64. The van der Waals surface area contributed by atoms with Crippen LogP contribution in [0.25, 0.3) is 22.0 Å². The van der Waals surface area contributed by atoms with Gasteiger partial charge in [-0.15, -0.1) is 0 Å². The number of hydrogen-bond donors (Lipinski definition) is 0. The van der Waals surface area contributed by atoms with Crippen molar-refractivity contribution in [2.75, 3.05) is 14.2 Å². The molecule has 0 aliphatic heterocycles. The van der Waals surface area contributed by atoms with E-state index in [4.69, 9.17) is 11.1 Å². The number of ketones is 2. The smallest absolute Gasteiger partial charge is 0.361 e. The summed E-state index contributed by atoms with van der Waals surface area (Å²) in [4.78, 5) is 29.0. The van der Waals surface area contributed by atoms with Crippen molar-refractivity contribution in [3.05, 3.63) is 87.9 Å². The third-order valence-electron chi connectivity index (χ3n) is 5.08. The van der Waals surface area contributed by atoms with Gasteiger partial charge in [0.2, 0.25) is 0 Å². The Morgan fingerprint density at radius 3 is 1.81 bits per heavy atom. The van der Waals surface area contributed by atoms with Crippen LogP contribution in [-0.2, 0) is 28.6 Å². The van der Waals surface area contributed by atoms with Crippen LogP contribution < -0.4 is 0 Å². The molecule has 2 aliphatic rings. The van der Waals surface area contributed by atoms with E-state index in [1.54, 1.807) is 12.1 Å². The molecule has 0 unspecified atom stereocenters. The predicted molar refractivity (Wildman–Crippen MR) is 133 cm³/mol. The molecular formula is C23H20N4O8S2. The normalized spacial score (nSPS) is 14.2. The quantitative estimate of drug-likeness (QED) is 0.318. The standard InChI is InChI=1S/2C11H8N2O4S.CH4/c1-17-18(15,16)10-4-2-3-8-7(10)5-6-9(13-12)11(8)14;1-17-18(15,16)10-6-9(13-12)11(14)8-5-3-2-4-7(8)10;/h2*2-6H,1H3;1H4. The number of fused-ring (bicyclic) bond motifs is 2. The largest absolute Gasteiger partial charge is 0.364 e. The molecule has 0 radical (unpaired) electrons. The number of allylic oxidation sites excluding steroid dienone is 2. The Kier molecular flexibility index (Phi) is 8.85. The van der Waals surface area contributed by atoms with Gasteiger partial charge in [-0.05, 0) is 12.1 Å². The molecule has 0 heterocycles. The molecule has 0 N–H and O–H groups in total. The summed E-state index contributed by atoms with van der Waals surface area (Å²) in [5.74, 6) is -1.08. The average molecular weight is 545 g/mol. The van der Waals surface area contributed by atoms with E-state index in [1.807, 2.05) is 0 Å². The van der Waals surface area contributed by atoms with E-state index in [0.717, 1.165) is 20.3 Å². The maximum Gasteiger partial charge on any atom is 0.364 e. The predicted octanol–water partition coefficient (Wildman–Crippen LogP) is 2.41. The third-order valence-corrected chi connectivity index (χ3v) is 7.73. The van der Waals surface area contributed by atoms with Gasteiger partial charge >= 0.3 is 11.4 Å². The van der Waals surface area contributed by atoms with Crippen molar-refractivity contribution in [2.45, 2.75) is 12.3 Å². The lowest BCUT2D eigenvalue weighted by atomic mass is 9.95.